The molecule has 1 fully saturated rings. The number of hydrogen-bond acceptors (Lipinski definition) is 9. The zero-order chi connectivity index (χ0) is 22.8. The van der Waals surface area contributed by atoms with Crippen LogP contribution in [0.4, 0.5) is 5.95 Å². The van der Waals surface area contributed by atoms with Crippen molar-refractivity contribution >= 4 is 29.1 Å². The van der Waals surface area contributed by atoms with Crippen molar-refractivity contribution in [3.63, 3.8) is 0 Å². The lowest BCUT2D eigenvalue weighted by Gasteiger charge is -2.19. The largest absolute Gasteiger partial charge is 0.457 e. The van der Waals surface area contributed by atoms with Crippen LogP contribution in [0.1, 0.15) is 38.5 Å². The van der Waals surface area contributed by atoms with Crippen molar-refractivity contribution in [2.24, 2.45) is 0 Å². The molecule has 1 aliphatic heterocycles. The van der Waals surface area contributed by atoms with Crippen molar-refractivity contribution in [3.8, 4) is 0 Å². The van der Waals surface area contributed by atoms with Crippen molar-refractivity contribution in [2.45, 2.75) is 51.9 Å². The molecule has 0 radical (unpaired) electrons. The van der Waals surface area contributed by atoms with Crippen LogP contribution in [0, 0.1) is 0 Å². The first-order valence-electron chi connectivity index (χ1n) is 10.2. The summed E-state index contributed by atoms with van der Waals surface area (Å²) >= 11 is 0. The lowest BCUT2D eigenvalue weighted by atomic mass is 10.2. The van der Waals surface area contributed by atoms with E-state index in [2.05, 4.69) is 9.97 Å². The number of imidazole rings is 1. The van der Waals surface area contributed by atoms with Gasteiger partial charge in [0.15, 0.2) is 18.0 Å². The first-order valence-corrected chi connectivity index (χ1v) is 10.2. The Morgan fingerprint density at radius 3 is 2.69 bits per heavy atom. The molecule has 0 unspecified atom stereocenters. The van der Waals surface area contributed by atoms with E-state index in [4.69, 9.17) is 19.9 Å². The zero-order valence-electron chi connectivity index (χ0n) is 17.6. The molecule has 1 aromatic carbocycles. The molecule has 2 aromatic heterocycles. The normalized spacial score (nSPS) is 20.4. The van der Waals surface area contributed by atoms with E-state index in [9.17, 15) is 14.4 Å². The molecule has 1 aliphatic rings. The third-order valence-corrected chi connectivity index (χ3v) is 5.07. The zero-order valence-corrected chi connectivity index (χ0v) is 17.6. The molecule has 0 bridgehead atoms. The number of nitrogens with two attached hydrogens (primary N) is 1. The van der Waals surface area contributed by atoms with Crippen molar-refractivity contribution < 1.29 is 23.8 Å². The molecule has 32 heavy (non-hydrogen) atoms. The van der Waals surface area contributed by atoms with E-state index < -0.39 is 36.3 Å². The minimum Gasteiger partial charge on any atom is -0.457 e. The SMILES string of the molecule is CCC(=O)O[C@H]1C[C@@H](OC(C)=O)[C@H](n2c(=O)n(Cc3ccccc3)c3cnc(N)nc32)O1. The van der Waals surface area contributed by atoms with Gasteiger partial charge in [0.05, 0.1) is 19.2 Å². The van der Waals surface area contributed by atoms with Crippen LogP contribution in [0.5, 0.6) is 0 Å². The van der Waals surface area contributed by atoms with Crippen LogP contribution in [-0.2, 0) is 30.3 Å². The Hall–Kier alpha value is -3.73. The van der Waals surface area contributed by atoms with Gasteiger partial charge in [-0.25, -0.2) is 14.3 Å². The minimum absolute atomic E-state index is 0.0286. The fourth-order valence-corrected chi connectivity index (χ4v) is 3.68. The first kappa shape index (κ1) is 21.5. The van der Waals surface area contributed by atoms with Gasteiger partial charge in [-0.15, -0.1) is 0 Å². The number of esters is 2. The molecule has 3 aromatic rings. The van der Waals surface area contributed by atoms with Crippen LogP contribution < -0.4 is 11.4 Å². The number of hydrogen-bond donors (Lipinski definition) is 1. The molecule has 2 N–H and O–H groups in total. The van der Waals surface area contributed by atoms with Gasteiger partial charge in [-0.05, 0) is 5.56 Å². The first-order chi connectivity index (χ1) is 15.4. The van der Waals surface area contributed by atoms with Gasteiger partial charge in [-0.2, -0.15) is 4.98 Å². The number of nitrogen functional groups attached to an aromatic ring is 1. The standard InChI is InChI=1S/C21H23N5O6/c1-3-16(28)31-17-9-15(30-12(2)27)19(32-17)26-18-14(10-23-20(22)24-18)25(21(26)29)11-13-7-5-4-6-8-13/h4-8,10,15,17,19H,3,9,11H2,1-2H3,(H2,22,23,24)/t15-,17-,19-/m1/s1. The molecule has 0 amide bonds. The second-order valence-electron chi connectivity index (χ2n) is 7.34. The van der Waals surface area contributed by atoms with Crippen LogP contribution in [0.25, 0.3) is 11.2 Å². The van der Waals surface area contributed by atoms with Crippen molar-refractivity contribution in [1.82, 2.24) is 19.1 Å². The van der Waals surface area contributed by atoms with Crippen molar-refractivity contribution in [3.05, 3.63) is 52.6 Å². The van der Waals surface area contributed by atoms with E-state index in [1.165, 1.54) is 22.3 Å². The molecule has 0 saturated carbocycles. The summed E-state index contributed by atoms with van der Waals surface area (Å²) in [7, 11) is 0. The number of aromatic nitrogens is 4. The number of ether oxygens (including phenoxy) is 3. The second kappa shape index (κ2) is 8.79. The average molecular weight is 441 g/mol. The van der Waals surface area contributed by atoms with E-state index in [1.54, 1.807) is 6.92 Å². The molecule has 11 heteroatoms. The third kappa shape index (κ3) is 4.19. The molecular weight excluding hydrogens is 418 g/mol. The van der Waals surface area contributed by atoms with E-state index in [-0.39, 0.29) is 31.0 Å². The van der Waals surface area contributed by atoms with Gasteiger partial charge in [0, 0.05) is 13.3 Å². The molecule has 0 spiro atoms. The van der Waals surface area contributed by atoms with Crippen LogP contribution in [0.2, 0.25) is 0 Å². The maximum atomic E-state index is 13.5. The number of rotatable bonds is 6. The minimum atomic E-state index is -1.06. The summed E-state index contributed by atoms with van der Waals surface area (Å²) in [6.07, 6.45) is -1.21. The van der Waals surface area contributed by atoms with Gasteiger partial charge in [-0.1, -0.05) is 37.3 Å². The average Bonchev–Trinajstić information content (AvgIpc) is 3.25. The Morgan fingerprint density at radius 2 is 2.00 bits per heavy atom. The van der Waals surface area contributed by atoms with Gasteiger partial charge in [0.2, 0.25) is 12.2 Å². The lowest BCUT2D eigenvalue weighted by Crippen LogP contribution is -2.34. The van der Waals surface area contributed by atoms with E-state index in [0.717, 1.165) is 5.56 Å². The van der Waals surface area contributed by atoms with Gasteiger partial charge in [0.1, 0.15) is 5.52 Å². The quantitative estimate of drug-likeness (QED) is 0.561. The highest BCUT2D eigenvalue weighted by atomic mass is 16.7. The van der Waals surface area contributed by atoms with Crippen molar-refractivity contribution in [1.29, 1.82) is 0 Å². The van der Waals surface area contributed by atoms with E-state index in [1.807, 2.05) is 30.3 Å². The molecular formula is C21H23N5O6. The molecule has 4 rings (SSSR count). The molecule has 3 atom stereocenters. The number of anilines is 1. The fourth-order valence-electron chi connectivity index (χ4n) is 3.68. The lowest BCUT2D eigenvalue weighted by molar-refractivity contribution is -0.183. The number of nitrogens with zero attached hydrogens (tertiary/aromatic N) is 4. The van der Waals surface area contributed by atoms with Crippen LogP contribution in [-0.4, -0.2) is 43.4 Å². The molecule has 0 aliphatic carbocycles. The summed E-state index contributed by atoms with van der Waals surface area (Å²) in [4.78, 5) is 45.2. The van der Waals surface area contributed by atoms with Crippen LogP contribution >= 0.6 is 0 Å². The highest BCUT2D eigenvalue weighted by molar-refractivity contribution is 5.72. The molecule has 11 nitrogen and oxygen atoms in total. The highest BCUT2D eigenvalue weighted by Gasteiger charge is 2.43. The Balaban J connectivity index is 1.80. The number of carbonyl (C=O) groups excluding carboxylic acids is 2. The summed E-state index contributed by atoms with van der Waals surface area (Å²) in [5, 5.41) is 0. The van der Waals surface area contributed by atoms with E-state index >= 15 is 0 Å². The maximum Gasteiger partial charge on any atom is 0.332 e. The molecule has 168 valence electrons. The summed E-state index contributed by atoms with van der Waals surface area (Å²) in [6, 6.07) is 9.41. The summed E-state index contributed by atoms with van der Waals surface area (Å²) < 4.78 is 19.3. The summed E-state index contributed by atoms with van der Waals surface area (Å²) in [6.45, 7) is 3.17. The summed E-state index contributed by atoms with van der Waals surface area (Å²) in [5.41, 5.74) is 6.89. The number of carbonyl (C=O) groups is 2. The van der Waals surface area contributed by atoms with Crippen LogP contribution in [0.3, 0.4) is 0 Å². The smallest absolute Gasteiger partial charge is 0.332 e. The number of benzene rings is 1. The monoisotopic (exact) mass is 441 g/mol. The van der Waals surface area contributed by atoms with Crippen molar-refractivity contribution in [2.75, 3.05) is 5.73 Å². The highest BCUT2D eigenvalue weighted by Crippen LogP contribution is 2.33. The number of fused-ring (bicyclic) bond motifs is 1. The third-order valence-electron chi connectivity index (χ3n) is 5.07. The Bertz CT molecular complexity index is 1200. The predicted molar refractivity (Wildman–Crippen MR) is 112 cm³/mol. The Kier molecular flexibility index (Phi) is 5.91. The molecule has 3 heterocycles. The predicted octanol–water partition coefficient (Wildman–Crippen LogP) is 1.35. The Labute approximate surface area is 182 Å². The molecule has 1 saturated heterocycles. The maximum absolute atomic E-state index is 13.5. The van der Waals surface area contributed by atoms with Crippen LogP contribution in [0.15, 0.2) is 41.3 Å². The van der Waals surface area contributed by atoms with Gasteiger partial charge >= 0.3 is 17.6 Å². The fraction of sp³-hybridized carbons (Fsp3) is 0.381. The van der Waals surface area contributed by atoms with E-state index in [0.29, 0.717) is 5.52 Å². The van der Waals surface area contributed by atoms with Gasteiger partial charge < -0.3 is 19.9 Å². The second-order valence-corrected chi connectivity index (χ2v) is 7.34. The summed E-state index contributed by atoms with van der Waals surface area (Å²) in [5.74, 6) is -1.05. The van der Waals surface area contributed by atoms with Gasteiger partial charge in [-0.3, -0.25) is 14.2 Å². The van der Waals surface area contributed by atoms with Gasteiger partial charge in [0.25, 0.3) is 0 Å². The Morgan fingerprint density at radius 1 is 1.25 bits per heavy atom. The topological polar surface area (TPSA) is 141 Å².